The normalized spacial score (nSPS) is 13.3. The maximum absolute atomic E-state index is 12.1. The van der Waals surface area contributed by atoms with Gasteiger partial charge in [0.25, 0.3) is 0 Å². The predicted molar refractivity (Wildman–Crippen MR) is 87.4 cm³/mol. The third-order valence-corrected chi connectivity index (χ3v) is 3.40. The molecule has 1 amide bonds. The topological polar surface area (TPSA) is 83.7 Å². The minimum Gasteiger partial charge on any atom is -0.495 e. The van der Waals surface area contributed by atoms with E-state index in [9.17, 15) is 9.90 Å². The Kier molecular flexibility index (Phi) is 6.19. The molecule has 0 aliphatic carbocycles. The maximum Gasteiger partial charge on any atom is 0.226 e. The van der Waals surface area contributed by atoms with E-state index in [1.807, 2.05) is 19.1 Å². The zero-order chi connectivity index (χ0) is 16.7. The number of hydrogen-bond acceptors (Lipinski definition) is 5. The molecule has 0 spiro atoms. The quantitative estimate of drug-likeness (QED) is 0.696. The van der Waals surface area contributed by atoms with Crippen LogP contribution in [0.4, 0.5) is 5.69 Å². The van der Waals surface area contributed by atoms with Crippen LogP contribution in [0.15, 0.2) is 47.1 Å². The van der Waals surface area contributed by atoms with E-state index in [1.165, 1.54) is 6.26 Å². The second-order valence-corrected chi connectivity index (χ2v) is 5.29. The molecule has 0 saturated heterocycles. The molecular formula is C17H22N2O4. The molecule has 1 aromatic heterocycles. The summed E-state index contributed by atoms with van der Waals surface area (Å²) in [5.41, 5.74) is 0.642. The molecule has 2 unspecified atom stereocenters. The molecular weight excluding hydrogens is 296 g/mol. The molecule has 2 aromatic rings. The third-order valence-electron chi connectivity index (χ3n) is 3.40. The number of ether oxygens (including phenoxy) is 1. The fourth-order valence-electron chi connectivity index (χ4n) is 2.19. The van der Waals surface area contributed by atoms with Crippen LogP contribution < -0.4 is 15.4 Å². The Bertz CT molecular complexity index is 613. The van der Waals surface area contributed by atoms with Gasteiger partial charge in [0.05, 0.1) is 19.1 Å². The number of methoxy groups -OCH3 is 1. The van der Waals surface area contributed by atoms with E-state index >= 15 is 0 Å². The van der Waals surface area contributed by atoms with Crippen LogP contribution in [0.5, 0.6) is 5.75 Å². The average Bonchev–Trinajstić information content (AvgIpc) is 3.07. The van der Waals surface area contributed by atoms with E-state index < -0.39 is 6.10 Å². The van der Waals surface area contributed by atoms with E-state index in [2.05, 4.69) is 10.6 Å². The highest BCUT2D eigenvalue weighted by Crippen LogP contribution is 2.23. The molecule has 0 radical (unpaired) electrons. The van der Waals surface area contributed by atoms with E-state index in [0.717, 1.165) is 0 Å². The van der Waals surface area contributed by atoms with Crippen LogP contribution >= 0.6 is 0 Å². The van der Waals surface area contributed by atoms with Gasteiger partial charge in [0.15, 0.2) is 0 Å². The fourth-order valence-corrected chi connectivity index (χ4v) is 2.19. The summed E-state index contributed by atoms with van der Waals surface area (Å²) in [6, 6.07) is 10.6. The minimum absolute atomic E-state index is 0.0886. The number of aliphatic hydroxyl groups excluding tert-OH is 1. The Morgan fingerprint density at radius 3 is 2.78 bits per heavy atom. The third kappa shape index (κ3) is 5.12. The molecule has 23 heavy (non-hydrogen) atoms. The van der Waals surface area contributed by atoms with Crippen molar-refractivity contribution in [1.82, 2.24) is 5.32 Å². The minimum atomic E-state index is -0.732. The average molecular weight is 318 g/mol. The van der Waals surface area contributed by atoms with Crippen molar-refractivity contribution in [3.63, 3.8) is 0 Å². The van der Waals surface area contributed by atoms with Crippen molar-refractivity contribution < 1.29 is 19.1 Å². The maximum atomic E-state index is 12.1. The molecule has 0 bridgehead atoms. The van der Waals surface area contributed by atoms with Gasteiger partial charge in [0, 0.05) is 19.0 Å². The summed E-state index contributed by atoms with van der Waals surface area (Å²) in [5.74, 6) is 1.000. The zero-order valence-corrected chi connectivity index (χ0v) is 13.3. The number of rotatable bonds is 8. The summed E-state index contributed by atoms with van der Waals surface area (Å²) in [7, 11) is 1.56. The molecule has 1 aromatic carbocycles. The molecule has 3 N–H and O–H groups in total. The smallest absolute Gasteiger partial charge is 0.226 e. The first-order valence-corrected chi connectivity index (χ1v) is 7.48. The summed E-state index contributed by atoms with van der Waals surface area (Å²) < 4.78 is 10.3. The molecule has 124 valence electrons. The molecule has 1 heterocycles. The molecule has 0 saturated carbocycles. The zero-order valence-electron chi connectivity index (χ0n) is 13.3. The van der Waals surface area contributed by atoms with Crippen molar-refractivity contribution in [1.29, 1.82) is 0 Å². The number of aliphatic hydroxyl groups is 1. The summed E-state index contributed by atoms with van der Waals surface area (Å²) in [6.45, 7) is 2.20. The monoisotopic (exact) mass is 318 g/mol. The Hall–Kier alpha value is -2.31. The van der Waals surface area contributed by atoms with Gasteiger partial charge >= 0.3 is 0 Å². The van der Waals surface area contributed by atoms with E-state index in [0.29, 0.717) is 23.7 Å². The van der Waals surface area contributed by atoms with Crippen molar-refractivity contribution in [2.75, 3.05) is 19.0 Å². The summed E-state index contributed by atoms with van der Waals surface area (Å²) in [4.78, 5) is 12.1. The number of carbonyl (C=O) groups excluding carboxylic acids is 1. The number of amides is 1. The van der Waals surface area contributed by atoms with Crippen molar-refractivity contribution in [3.8, 4) is 5.75 Å². The van der Waals surface area contributed by atoms with Gasteiger partial charge in [-0.25, -0.2) is 0 Å². The standard InChI is InChI=1S/C17H22N2O4/c1-12(18-11-14(20)16-8-5-9-23-16)10-17(21)19-13-6-3-4-7-15(13)22-2/h3-9,12,14,18,20H,10-11H2,1-2H3,(H,19,21). The highest BCUT2D eigenvalue weighted by molar-refractivity contribution is 5.92. The van der Waals surface area contributed by atoms with Crippen molar-refractivity contribution in [3.05, 3.63) is 48.4 Å². The molecule has 2 atom stereocenters. The lowest BCUT2D eigenvalue weighted by molar-refractivity contribution is -0.116. The number of anilines is 1. The Morgan fingerprint density at radius 1 is 1.30 bits per heavy atom. The van der Waals surface area contributed by atoms with Gasteiger partial charge in [0.1, 0.15) is 17.6 Å². The van der Waals surface area contributed by atoms with Gasteiger partial charge in [0.2, 0.25) is 5.91 Å². The largest absolute Gasteiger partial charge is 0.495 e. The molecule has 0 aliphatic rings. The molecule has 6 nitrogen and oxygen atoms in total. The second-order valence-electron chi connectivity index (χ2n) is 5.29. The van der Waals surface area contributed by atoms with Gasteiger partial charge < -0.3 is 24.9 Å². The lowest BCUT2D eigenvalue weighted by Gasteiger charge is -2.16. The van der Waals surface area contributed by atoms with Crippen molar-refractivity contribution in [2.45, 2.75) is 25.5 Å². The molecule has 0 aliphatic heterocycles. The first kappa shape index (κ1) is 17.1. The van der Waals surface area contributed by atoms with Crippen LogP contribution in [0.25, 0.3) is 0 Å². The first-order valence-electron chi connectivity index (χ1n) is 7.48. The van der Waals surface area contributed by atoms with Crippen molar-refractivity contribution in [2.24, 2.45) is 0 Å². The van der Waals surface area contributed by atoms with E-state index in [4.69, 9.17) is 9.15 Å². The number of para-hydroxylation sites is 2. The molecule has 0 fully saturated rings. The van der Waals surface area contributed by atoms with Crippen LogP contribution in [0.3, 0.4) is 0 Å². The van der Waals surface area contributed by atoms with Gasteiger partial charge in [-0.05, 0) is 31.2 Å². The van der Waals surface area contributed by atoms with Crippen LogP contribution in [-0.2, 0) is 4.79 Å². The Morgan fingerprint density at radius 2 is 2.09 bits per heavy atom. The van der Waals surface area contributed by atoms with Gasteiger partial charge in [-0.3, -0.25) is 4.79 Å². The number of furan rings is 1. The van der Waals surface area contributed by atoms with Crippen molar-refractivity contribution >= 4 is 11.6 Å². The van der Waals surface area contributed by atoms with Crippen LogP contribution in [0.2, 0.25) is 0 Å². The number of benzene rings is 1. The SMILES string of the molecule is COc1ccccc1NC(=O)CC(C)NCC(O)c1ccco1. The fraction of sp³-hybridized carbons (Fsp3) is 0.353. The number of hydrogen-bond donors (Lipinski definition) is 3. The van der Waals surface area contributed by atoms with E-state index in [1.54, 1.807) is 31.4 Å². The summed E-state index contributed by atoms with van der Waals surface area (Å²) in [5, 5.41) is 15.9. The number of nitrogens with one attached hydrogen (secondary N) is 2. The lowest BCUT2D eigenvalue weighted by Crippen LogP contribution is -2.33. The van der Waals surface area contributed by atoms with Gasteiger partial charge in [-0.2, -0.15) is 0 Å². The molecule has 2 rings (SSSR count). The summed E-state index contributed by atoms with van der Waals surface area (Å²) in [6.07, 6.45) is 1.07. The van der Waals surface area contributed by atoms with Crippen LogP contribution in [0, 0.1) is 0 Å². The van der Waals surface area contributed by atoms with Gasteiger partial charge in [-0.1, -0.05) is 12.1 Å². The van der Waals surface area contributed by atoms with Crippen LogP contribution in [-0.4, -0.2) is 30.7 Å². The van der Waals surface area contributed by atoms with Crippen LogP contribution in [0.1, 0.15) is 25.2 Å². The second kappa shape index (κ2) is 8.36. The highest BCUT2D eigenvalue weighted by atomic mass is 16.5. The van der Waals surface area contributed by atoms with E-state index in [-0.39, 0.29) is 18.4 Å². The number of carbonyl (C=O) groups is 1. The summed E-state index contributed by atoms with van der Waals surface area (Å²) >= 11 is 0. The first-order chi connectivity index (χ1) is 11.1. The highest BCUT2D eigenvalue weighted by Gasteiger charge is 2.14. The Labute approximate surface area is 135 Å². The molecule has 6 heteroatoms. The predicted octanol–water partition coefficient (Wildman–Crippen LogP) is 2.33. The lowest BCUT2D eigenvalue weighted by atomic mass is 10.2. The van der Waals surface area contributed by atoms with Gasteiger partial charge in [-0.15, -0.1) is 0 Å². The Balaban J connectivity index is 1.78.